The largest absolute Gasteiger partial charge is 0.480 e. The maximum Gasteiger partial charge on any atom is 0.321 e. The van der Waals surface area contributed by atoms with Crippen molar-refractivity contribution in [3.8, 4) is 0 Å². The van der Waals surface area contributed by atoms with Gasteiger partial charge >= 0.3 is 5.97 Å². The van der Waals surface area contributed by atoms with Gasteiger partial charge in [0.05, 0.1) is 31.5 Å². The lowest BCUT2D eigenvalue weighted by molar-refractivity contribution is -0.137. The van der Waals surface area contributed by atoms with Crippen molar-refractivity contribution >= 4 is 40.0 Å². The second-order valence-electron chi connectivity index (χ2n) is 3.01. The number of rotatable bonds is 4. The van der Waals surface area contributed by atoms with Crippen LogP contribution >= 0.6 is 23.2 Å². The van der Waals surface area contributed by atoms with Gasteiger partial charge in [0, 0.05) is 0 Å². The fourth-order valence-corrected chi connectivity index (χ4v) is 3.14. The highest BCUT2D eigenvalue weighted by Crippen LogP contribution is 2.27. The highest BCUT2D eigenvalue weighted by Gasteiger charge is 2.20. The molecule has 1 aromatic carbocycles. The summed E-state index contributed by atoms with van der Waals surface area (Å²) in [7, 11) is -1.63. The molecule has 4 nitrogen and oxygen atoms in total. The SMILES string of the molecule is NC(CS(=O)c1c(Cl)cccc1Cl)C(=O)O. The summed E-state index contributed by atoms with van der Waals surface area (Å²) >= 11 is 11.6. The van der Waals surface area contributed by atoms with Crippen molar-refractivity contribution in [2.75, 3.05) is 5.75 Å². The van der Waals surface area contributed by atoms with Gasteiger partial charge in [-0.25, -0.2) is 0 Å². The Hall–Kier alpha value is -0.620. The lowest BCUT2D eigenvalue weighted by Crippen LogP contribution is -2.35. The third-order valence-electron chi connectivity index (χ3n) is 1.79. The zero-order chi connectivity index (χ0) is 12.3. The van der Waals surface area contributed by atoms with Crippen molar-refractivity contribution in [3.63, 3.8) is 0 Å². The fourth-order valence-electron chi connectivity index (χ4n) is 1.02. The predicted molar refractivity (Wildman–Crippen MR) is 63.3 cm³/mol. The standard InChI is InChI=1S/C9H9Cl2NO3S/c10-5-2-1-3-6(11)8(5)16(15)4-7(12)9(13)14/h1-3,7H,4,12H2,(H,13,14). The van der Waals surface area contributed by atoms with Crippen LogP contribution in [0.3, 0.4) is 0 Å². The smallest absolute Gasteiger partial charge is 0.321 e. The number of carboxylic acids is 1. The van der Waals surface area contributed by atoms with E-state index in [0.29, 0.717) is 0 Å². The number of benzene rings is 1. The Morgan fingerprint density at radius 1 is 1.44 bits per heavy atom. The number of halogens is 2. The molecule has 0 aliphatic carbocycles. The van der Waals surface area contributed by atoms with Gasteiger partial charge in [-0.1, -0.05) is 29.3 Å². The summed E-state index contributed by atoms with van der Waals surface area (Å²) in [5.41, 5.74) is 5.28. The van der Waals surface area contributed by atoms with E-state index < -0.39 is 22.8 Å². The first-order chi connectivity index (χ1) is 7.43. The Kier molecular flexibility index (Phi) is 4.73. The van der Waals surface area contributed by atoms with Crippen molar-refractivity contribution in [3.05, 3.63) is 28.2 Å². The van der Waals surface area contributed by atoms with Crippen LogP contribution < -0.4 is 5.73 Å². The predicted octanol–water partition coefficient (Wildman–Crippen LogP) is 1.51. The van der Waals surface area contributed by atoms with Gasteiger partial charge in [-0.3, -0.25) is 9.00 Å². The van der Waals surface area contributed by atoms with E-state index in [0.717, 1.165) is 0 Å². The highest BCUT2D eigenvalue weighted by atomic mass is 35.5. The molecule has 2 unspecified atom stereocenters. The molecule has 0 saturated heterocycles. The molecule has 0 aromatic heterocycles. The second kappa shape index (κ2) is 5.63. The minimum Gasteiger partial charge on any atom is -0.480 e. The molecular weight excluding hydrogens is 273 g/mol. The maximum atomic E-state index is 11.8. The van der Waals surface area contributed by atoms with E-state index in [9.17, 15) is 9.00 Å². The number of aliphatic carboxylic acids is 1. The van der Waals surface area contributed by atoms with Crippen molar-refractivity contribution in [2.24, 2.45) is 5.73 Å². The van der Waals surface area contributed by atoms with E-state index in [1.807, 2.05) is 0 Å². The van der Waals surface area contributed by atoms with Gasteiger partial charge in [0.15, 0.2) is 0 Å². The van der Waals surface area contributed by atoms with Crippen LogP contribution in [0.1, 0.15) is 0 Å². The molecule has 16 heavy (non-hydrogen) atoms. The number of hydrogen-bond acceptors (Lipinski definition) is 3. The average molecular weight is 282 g/mol. The highest BCUT2D eigenvalue weighted by molar-refractivity contribution is 7.85. The average Bonchev–Trinajstić information content (AvgIpc) is 2.16. The fraction of sp³-hybridized carbons (Fsp3) is 0.222. The topological polar surface area (TPSA) is 80.4 Å². The van der Waals surface area contributed by atoms with Crippen LogP contribution in [0.2, 0.25) is 10.0 Å². The Bertz CT molecular complexity index is 419. The van der Waals surface area contributed by atoms with Crippen LogP contribution in [0.4, 0.5) is 0 Å². The number of nitrogens with two attached hydrogens (primary N) is 1. The maximum absolute atomic E-state index is 11.8. The van der Waals surface area contributed by atoms with Gasteiger partial charge < -0.3 is 10.8 Å². The molecule has 0 radical (unpaired) electrons. The normalized spacial score (nSPS) is 14.4. The molecule has 88 valence electrons. The Morgan fingerprint density at radius 3 is 2.38 bits per heavy atom. The summed E-state index contributed by atoms with van der Waals surface area (Å²) in [5, 5.41) is 9.07. The molecule has 3 N–H and O–H groups in total. The molecular formula is C9H9Cl2NO3S. The summed E-state index contributed by atoms with van der Waals surface area (Å²) in [6, 6.07) is 3.48. The zero-order valence-corrected chi connectivity index (χ0v) is 10.4. The monoisotopic (exact) mass is 281 g/mol. The van der Waals surface area contributed by atoms with Gasteiger partial charge in [0.25, 0.3) is 0 Å². The first-order valence-electron chi connectivity index (χ1n) is 4.24. The van der Waals surface area contributed by atoms with E-state index >= 15 is 0 Å². The van der Waals surface area contributed by atoms with Crippen LogP contribution in [0, 0.1) is 0 Å². The van der Waals surface area contributed by atoms with E-state index in [2.05, 4.69) is 0 Å². The molecule has 0 bridgehead atoms. The first kappa shape index (κ1) is 13.4. The molecule has 0 amide bonds. The van der Waals surface area contributed by atoms with E-state index in [-0.39, 0.29) is 20.7 Å². The molecule has 0 fully saturated rings. The molecule has 0 aliphatic rings. The van der Waals surface area contributed by atoms with Crippen molar-refractivity contribution in [2.45, 2.75) is 10.9 Å². The Labute approximate surface area is 105 Å². The summed E-state index contributed by atoms with van der Waals surface area (Å²) < 4.78 is 11.8. The van der Waals surface area contributed by atoms with Gasteiger partial charge in [-0.05, 0) is 12.1 Å². The minimum absolute atomic E-state index is 0.223. The summed E-state index contributed by atoms with van der Waals surface area (Å²) in [6.07, 6.45) is 0. The van der Waals surface area contributed by atoms with Crippen molar-refractivity contribution in [1.29, 1.82) is 0 Å². The zero-order valence-electron chi connectivity index (χ0n) is 8.02. The molecule has 1 aromatic rings. The van der Waals surface area contributed by atoms with Crippen molar-refractivity contribution < 1.29 is 14.1 Å². The Morgan fingerprint density at radius 2 is 1.94 bits per heavy atom. The lowest BCUT2D eigenvalue weighted by atomic mass is 10.4. The molecule has 0 saturated carbocycles. The van der Waals surface area contributed by atoms with Gasteiger partial charge in [-0.2, -0.15) is 0 Å². The summed E-state index contributed by atoms with van der Waals surface area (Å²) in [6.45, 7) is 0. The number of carboxylic acid groups (broad SMARTS) is 1. The molecule has 7 heteroatoms. The minimum atomic E-state index is -1.63. The lowest BCUT2D eigenvalue weighted by Gasteiger charge is -2.09. The quantitative estimate of drug-likeness (QED) is 0.877. The third kappa shape index (κ3) is 3.18. The van der Waals surface area contributed by atoms with Gasteiger partial charge in [-0.15, -0.1) is 0 Å². The summed E-state index contributed by atoms with van der Waals surface area (Å²) in [5.74, 6) is -1.43. The first-order valence-corrected chi connectivity index (χ1v) is 6.31. The van der Waals surface area contributed by atoms with Crippen LogP contribution in [-0.4, -0.2) is 27.1 Å². The van der Waals surface area contributed by atoms with E-state index in [1.165, 1.54) is 12.1 Å². The van der Waals surface area contributed by atoms with Crippen LogP contribution in [-0.2, 0) is 15.6 Å². The molecule has 2 atom stereocenters. The van der Waals surface area contributed by atoms with Crippen LogP contribution in [0.25, 0.3) is 0 Å². The molecule has 0 spiro atoms. The molecule has 1 rings (SSSR count). The van der Waals surface area contributed by atoms with Gasteiger partial charge in [0.1, 0.15) is 6.04 Å². The number of hydrogen-bond donors (Lipinski definition) is 2. The molecule has 0 heterocycles. The second-order valence-corrected chi connectivity index (χ2v) is 5.25. The van der Waals surface area contributed by atoms with E-state index in [1.54, 1.807) is 6.07 Å². The third-order valence-corrected chi connectivity index (χ3v) is 4.21. The van der Waals surface area contributed by atoms with E-state index in [4.69, 9.17) is 34.0 Å². The van der Waals surface area contributed by atoms with Crippen LogP contribution in [0.5, 0.6) is 0 Å². The Balaban J connectivity index is 2.93. The van der Waals surface area contributed by atoms with Crippen molar-refractivity contribution in [1.82, 2.24) is 0 Å². The summed E-state index contributed by atoms with van der Waals surface area (Å²) in [4.78, 5) is 10.7. The molecule has 0 aliphatic heterocycles. The van der Waals surface area contributed by atoms with Crippen LogP contribution in [0.15, 0.2) is 23.1 Å². The van der Waals surface area contributed by atoms with Gasteiger partial charge in [0.2, 0.25) is 0 Å². The number of carbonyl (C=O) groups is 1.